The fraction of sp³-hybridized carbons (Fsp3) is 1.00. The molecule has 0 aliphatic rings. The van der Waals surface area contributed by atoms with Gasteiger partial charge in [0.05, 0.1) is 5.75 Å². The number of rotatable bonds is 6. The van der Waals surface area contributed by atoms with Crippen molar-refractivity contribution in [2.45, 2.75) is 38.1 Å². The van der Waals surface area contributed by atoms with Gasteiger partial charge >= 0.3 is 6.18 Å². The third-order valence-corrected chi connectivity index (χ3v) is 4.38. The molecule has 0 aromatic heterocycles. The van der Waals surface area contributed by atoms with Gasteiger partial charge in [-0.1, -0.05) is 13.8 Å². The first-order valence-corrected chi connectivity index (χ1v) is 6.81. The van der Waals surface area contributed by atoms with Crippen molar-refractivity contribution < 1.29 is 21.6 Å². The maximum atomic E-state index is 12.5. The molecule has 0 aliphatic carbocycles. The standard InChI is InChI=1S/C9H18F3NO2S/c1-7(2)4-6-16(14,15)8(3-5-13)9(10,11)12/h7-8H,3-6,13H2,1-2H3. The van der Waals surface area contributed by atoms with Gasteiger partial charge in [0.1, 0.15) is 0 Å². The van der Waals surface area contributed by atoms with Crippen molar-refractivity contribution in [3.63, 3.8) is 0 Å². The molecule has 0 radical (unpaired) electrons. The molecule has 0 bridgehead atoms. The van der Waals surface area contributed by atoms with E-state index in [1.165, 1.54) is 0 Å². The van der Waals surface area contributed by atoms with Crippen molar-refractivity contribution in [2.75, 3.05) is 12.3 Å². The smallest absolute Gasteiger partial charge is 0.330 e. The minimum absolute atomic E-state index is 0.0570. The van der Waals surface area contributed by atoms with Gasteiger partial charge in [0.25, 0.3) is 0 Å². The fourth-order valence-corrected chi connectivity index (χ4v) is 3.23. The lowest BCUT2D eigenvalue weighted by Gasteiger charge is -2.20. The highest BCUT2D eigenvalue weighted by molar-refractivity contribution is 7.92. The maximum absolute atomic E-state index is 12.5. The lowest BCUT2D eigenvalue weighted by atomic mass is 10.2. The molecule has 0 spiro atoms. The molecule has 1 unspecified atom stereocenters. The zero-order chi connectivity index (χ0) is 13.0. The van der Waals surface area contributed by atoms with Crippen molar-refractivity contribution in [1.82, 2.24) is 0 Å². The normalized spacial score (nSPS) is 15.4. The summed E-state index contributed by atoms with van der Waals surface area (Å²) in [5.41, 5.74) is 5.01. The van der Waals surface area contributed by atoms with Gasteiger partial charge in [-0.25, -0.2) is 8.42 Å². The van der Waals surface area contributed by atoms with Crippen molar-refractivity contribution in [3.8, 4) is 0 Å². The Morgan fingerprint density at radius 1 is 1.19 bits per heavy atom. The molecule has 0 rings (SSSR count). The van der Waals surface area contributed by atoms with Gasteiger partial charge in [-0.15, -0.1) is 0 Å². The molecule has 0 amide bonds. The number of hydrogen-bond donors (Lipinski definition) is 1. The zero-order valence-corrected chi connectivity index (χ0v) is 10.2. The summed E-state index contributed by atoms with van der Waals surface area (Å²) in [6, 6.07) is 0. The topological polar surface area (TPSA) is 60.2 Å². The zero-order valence-electron chi connectivity index (χ0n) is 9.42. The van der Waals surface area contributed by atoms with Crippen molar-refractivity contribution in [1.29, 1.82) is 0 Å². The molecule has 0 aromatic rings. The van der Waals surface area contributed by atoms with Gasteiger partial charge in [0, 0.05) is 0 Å². The van der Waals surface area contributed by atoms with Crippen molar-refractivity contribution >= 4 is 9.84 Å². The maximum Gasteiger partial charge on any atom is 0.405 e. The Balaban J connectivity index is 4.78. The summed E-state index contributed by atoms with van der Waals surface area (Å²) in [5, 5.41) is -2.32. The summed E-state index contributed by atoms with van der Waals surface area (Å²) in [5.74, 6) is -0.379. The van der Waals surface area contributed by atoms with Crippen LogP contribution in [0, 0.1) is 5.92 Å². The molecule has 7 heteroatoms. The lowest BCUT2D eigenvalue weighted by molar-refractivity contribution is -0.131. The minimum atomic E-state index is -4.73. The third-order valence-electron chi connectivity index (χ3n) is 2.21. The third kappa shape index (κ3) is 5.16. The SMILES string of the molecule is CC(C)CCS(=O)(=O)C(CCN)C(F)(F)F. The molecular weight excluding hydrogens is 243 g/mol. The first-order chi connectivity index (χ1) is 7.11. The van der Waals surface area contributed by atoms with E-state index in [1.54, 1.807) is 13.8 Å². The molecular formula is C9H18F3NO2S. The summed E-state index contributed by atoms with van der Waals surface area (Å²) >= 11 is 0. The van der Waals surface area contributed by atoms with E-state index in [0.717, 1.165) is 0 Å². The highest BCUT2D eigenvalue weighted by Crippen LogP contribution is 2.29. The van der Waals surface area contributed by atoms with Gasteiger partial charge in [0.15, 0.2) is 15.1 Å². The van der Waals surface area contributed by atoms with Gasteiger partial charge < -0.3 is 5.73 Å². The number of hydrogen-bond acceptors (Lipinski definition) is 3. The van der Waals surface area contributed by atoms with Gasteiger partial charge in [-0.3, -0.25) is 0 Å². The molecule has 0 aliphatic heterocycles. The van der Waals surface area contributed by atoms with Crippen LogP contribution in [0.5, 0.6) is 0 Å². The summed E-state index contributed by atoms with van der Waals surface area (Å²) in [4.78, 5) is 0. The number of halogens is 3. The Labute approximate surface area is 94.1 Å². The van der Waals surface area contributed by atoms with E-state index in [0.29, 0.717) is 0 Å². The molecule has 0 saturated heterocycles. The molecule has 2 N–H and O–H groups in total. The van der Waals surface area contributed by atoms with Gasteiger partial charge in [-0.2, -0.15) is 13.2 Å². The van der Waals surface area contributed by atoms with Crippen LogP contribution in [0.3, 0.4) is 0 Å². The van der Waals surface area contributed by atoms with E-state index in [9.17, 15) is 21.6 Å². The molecule has 0 aromatic carbocycles. The van der Waals surface area contributed by atoms with Crippen LogP contribution < -0.4 is 5.73 Å². The van der Waals surface area contributed by atoms with Crippen LogP contribution in [0.4, 0.5) is 13.2 Å². The van der Waals surface area contributed by atoms with E-state index in [4.69, 9.17) is 5.73 Å². The molecule has 0 heterocycles. The van der Waals surface area contributed by atoms with Crippen LogP contribution in [0.1, 0.15) is 26.7 Å². The van der Waals surface area contributed by atoms with E-state index in [1.807, 2.05) is 0 Å². The summed E-state index contributed by atoms with van der Waals surface area (Å²) in [6.45, 7) is 3.24. The molecule has 0 saturated carbocycles. The van der Waals surface area contributed by atoms with E-state index >= 15 is 0 Å². The highest BCUT2D eigenvalue weighted by Gasteiger charge is 2.47. The van der Waals surface area contributed by atoms with Crippen LogP contribution in [-0.2, 0) is 9.84 Å². The van der Waals surface area contributed by atoms with Gasteiger partial charge in [-0.05, 0) is 25.3 Å². The lowest BCUT2D eigenvalue weighted by Crippen LogP contribution is -2.39. The highest BCUT2D eigenvalue weighted by atomic mass is 32.2. The second-order valence-electron chi connectivity index (χ2n) is 4.16. The summed E-state index contributed by atoms with van der Waals surface area (Å²) in [7, 11) is -4.14. The monoisotopic (exact) mass is 261 g/mol. The Morgan fingerprint density at radius 2 is 1.69 bits per heavy atom. The van der Waals surface area contributed by atoms with E-state index in [-0.39, 0.29) is 18.9 Å². The predicted octanol–water partition coefficient (Wildman–Crippen LogP) is 1.73. The Bertz CT molecular complexity index is 298. The van der Waals surface area contributed by atoms with Crippen molar-refractivity contribution in [3.05, 3.63) is 0 Å². The molecule has 3 nitrogen and oxygen atoms in total. The molecule has 0 fully saturated rings. The molecule has 1 atom stereocenters. The van der Waals surface area contributed by atoms with Crippen LogP contribution in [-0.4, -0.2) is 32.1 Å². The van der Waals surface area contributed by atoms with E-state index in [2.05, 4.69) is 0 Å². The predicted molar refractivity (Wildman–Crippen MR) is 56.8 cm³/mol. The van der Waals surface area contributed by atoms with Crippen molar-refractivity contribution in [2.24, 2.45) is 11.7 Å². The largest absolute Gasteiger partial charge is 0.405 e. The fourth-order valence-electron chi connectivity index (χ4n) is 1.24. The molecule has 98 valence electrons. The summed E-state index contributed by atoms with van der Waals surface area (Å²) < 4.78 is 60.5. The Morgan fingerprint density at radius 3 is 2.00 bits per heavy atom. The van der Waals surface area contributed by atoms with E-state index < -0.39 is 33.4 Å². The number of sulfone groups is 1. The average Bonchev–Trinajstić information content (AvgIpc) is 2.09. The van der Waals surface area contributed by atoms with Gasteiger partial charge in [0.2, 0.25) is 0 Å². The quantitative estimate of drug-likeness (QED) is 0.792. The Kier molecular flexibility index (Phi) is 5.75. The van der Waals surface area contributed by atoms with Crippen LogP contribution >= 0.6 is 0 Å². The van der Waals surface area contributed by atoms with Crippen LogP contribution in [0.15, 0.2) is 0 Å². The van der Waals surface area contributed by atoms with Crippen LogP contribution in [0.2, 0.25) is 0 Å². The first-order valence-electron chi connectivity index (χ1n) is 5.09. The molecule has 16 heavy (non-hydrogen) atoms. The minimum Gasteiger partial charge on any atom is -0.330 e. The second kappa shape index (κ2) is 5.86. The number of nitrogens with two attached hydrogens (primary N) is 1. The second-order valence-corrected chi connectivity index (χ2v) is 6.46. The average molecular weight is 261 g/mol. The number of alkyl halides is 3. The Hall–Kier alpha value is -0.300. The van der Waals surface area contributed by atoms with Crippen LogP contribution in [0.25, 0.3) is 0 Å². The first kappa shape index (κ1) is 15.7. The summed E-state index contributed by atoms with van der Waals surface area (Å²) in [6.07, 6.45) is -5.06.